The number of rotatable bonds is 20. The topological polar surface area (TPSA) is 245 Å². The Balaban J connectivity index is 2.30. The number of hydrogen-bond acceptors (Lipinski definition) is 8. The van der Waals surface area contributed by atoms with Crippen LogP contribution < -0.4 is 32.3 Å². The third kappa shape index (κ3) is 11.8. The van der Waals surface area contributed by atoms with Gasteiger partial charge >= 0.3 is 5.97 Å². The maximum absolute atomic E-state index is 13.9. The summed E-state index contributed by atoms with van der Waals surface area (Å²) in [4.78, 5) is 81.6. The van der Waals surface area contributed by atoms with Crippen LogP contribution in [0.25, 0.3) is 10.9 Å². The molecule has 0 aliphatic carbocycles. The first kappa shape index (κ1) is 41.7. The Morgan fingerprint density at radius 1 is 0.720 bits per heavy atom. The number of carbonyl (C=O) groups is 6. The van der Waals surface area contributed by atoms with Gasteiger partial charge in [0.25, 0.3) is 0 Å². The largest absolute Gasteiger partial charge is 0.480 e. The van der Waals surface area contributed by atoms with Gasteiger partial charge in [0.2, 0.25) is 29.5 Å². The normalized spacial score (nSPS) is 16.2. The lowest BCUT2D eigenvalue weighted by Gasteiger charge is -2.31. The van der Waals surface area contributed by atoms with Crippen molar-refractivity contribution in [3.05, 3.63) is 36.0 Å². The highest BCUT2D eigenvalue weighted by Gasteiger charge is 2.36. The molecular weight excluding hydrogens is 646 g/mol. The molecular formula is C35H55N7O8. The molecule has 50 heavy (non-hydrogen) atoms. The molecule has 2 aromatic rings. The summed E-state index contributed by atoms with van der Waals surface area (Å²) in [5.41, 5.74) is 7.41. The zero-order chi connectivity index (χ0) is 37.7. The zero-order valence-corrected chi connectivity index (χ0v) is 30.0. The molecule has 1 aromatic carbocycles. The van der Waals surface area contributed by atoms with E-state index in [1.807, 2.05) is 31.2 Å². The molecule has 0 aliphatic rings. The highest BCUT2D eigenvalue weighted by molar-refractivity contribution is 5.97. The molecule has 278 valence electrons. The number of nitrogens with one attached hydrogen (secondary N) is 6. The summed E-state index contributed by atoms with van der Waals surface area (Å²) >= 11 is 0. The van der Waals surface area contributed by atoms with Gasteiger partial charge in [-0.2, -0.15) is 0 Å². The van der Waals surface area contributed by atoms with Gasteiger partial charge in [-0.25, -0.2) is 4.79 Å². The number of carboxylic acids is 1. The van der Waals surface area contributed by atoms with E-state index in [0.717, 1.165) is 16.5 Å². The van der Waals surface area contributed by atoms with E-state index in [1.165, 1.54) is 6.92 Å². The molecule has 2 rings (SSSR count). The van der Waals surface area contributed by atoms with Crippen molar-refractivity contribution >= 4 is 46.4 Å². The zero-order valence-electron chi connectivity index (χ0n) is 30.0. The van der Waals surface area contributed by atoms with Gasteiger partial charge in [-0.1, -0.05) is 72.6 Å². The summed E-state index contributed by atoms with van der Waals surface area (Å²) in [6.45, 7) is 11.4. The predicted octanol–water partition coefficient (Wildman–Crippen LogP) is 0.697. The second-order valence-electron chi connectivity index (χ2n) is 13.4. The summed E-state index contributed by atoms with van der Waals surface area (Å²) < 4.78 is 0. The van der Waals surface area contributed by atoms with E-state index in [2.05, 4.69) is 31.6 Å². The van der Waals surface area contributed by atoms with E-state index in [1.54, 1.807) is 40.8 Å². The van der Waals surface area contributed by atoms with Crippen LogP contribution in [0.2, 0.25) is 0 Å². The average molecular weight is 702 g/mol. The van der Waals surface area contributed by atoms with Crippen LogP contribution in [-0.4, -0.2) is 93.6 Å². The molecule has 1 aromatic heterocycles. The summed E-state index contributed by atoms with van der Waals surface area (Å²) in [6.07, 6.45) is 2.92. The van der Waals surface area contributed by atoms with Gasteiger partial charge in [0.1, 0.15) is 30.2 Å². The molecule has 0 unspecified atom stereocenters. The number of hydrogen-bond donors (Lipinski definition) is 9. The van der Waals surface area contributed by atoms with E-state index in [0.29, 0.717) is 12.8 Å². The number of benzene rings is 1. The Hall–Kier alpha value is -4.50. The van der Waals surface area contributed by atoms with Crippen molar-refractivity contribution in [2.45, 2.75) is 110 Å². The molecule has 0 saturated heterocycles. The molecule has 8 atom stereocenters. The summed E-state index contributed by atoms with van der Waals surface area (Å²) in [5, 5.41) is 33.3. The molecule has 0 bridgehead atoms. The number of para-hydroxylation sites is 1. The van der Waals surface area contributed by atoms with Crippen molar-refractivity contribution in [3.8, 4) is 0 Å². The van der Waals surface area contributed by atoms with Gasteiger partial charge in [-0.05, 0) is 42.7 Å². The second-order valence-corrected chi connectivity index (χ2v) is 13.4. The molecule has 0 fully saturated rings. The van der Waals surface area contributed by atoms with Crippen LogP contribution >= 0.6 is 0 Å². The summed E-state index contributed by atoms with van der Waals surface area (Å²) in [7, 11) is 0. The van der Waals surface area contributed by atoms with Crippen LogP contribution in [0.1, 0.15) is 73.3 Å². The molecule has 0 saturated carbocycles. The van der Waals surface area contributed by atoms with Crippen LogP contribution in [0.15, 0.2) is 30.5 Å². The van der Waals surface area contributed by atoms with Crippen LogP contribution in [0.3, 0.4) is 0 Å². The molecule has 15 nitrogen and oxygen atoms in total. The first-order chi connectivity index (χ1) is 23.5. The monoisotopic (exact) mass is 701 g/mol. The van der Waals surface area contributed by atoms with Crippen molar-refractivity contribution in [1.29, 1.82) is 0 Å². The number of carbonyl (C=O) groups excluding carboxylic acids is 5. The van der Waals surface area contributed by atoms with E-state index in [4.69, 9.17) is 5.73 Å². The van der Waals surface area contributed by atoms with Gasteiger partial charge in [0, 0.05) is 23.5 Å². The van der Waals surface area contributed by atoms with Crippen molar-refractivity contribution < 1.29 is 39.0 Å². The minimum absolute atomic E-state index is 0.0493. The Bertz CT molecular complexity index is 1480. The fourth-order valence-corrected chi connectivity index (χ4v) is 5.35. The van der Waals surface area contributed by atoms with Crippen molar-refractivity contribution in [3.63, 3.8) is 0 Å². The molecule has 1 heterocycles. The highest BCUT2D eigenvalue weighted by atomic mass is 16.4. The molecule has 0 radical (unpaired) electrons. The molecule has 15 heteroatoms. The van der Waals surface area contributed by atoms with Crippen LogP contribution in [0, 0.1) is 17.8 Å². The van der Waals surface area contributed by atoms with Gasteiger partial charge < -0.3 is 47.5 Å². The number of H-pyrrole nitrogens is 1. The number of aliphatic hydroxyl groups excluding tert-OH is 1. The number of fused-ring (bicyclic) bond motifs is 1. The van der Waals surface area contributed by atoms with E-state index in [-0.39, 0.29) is 18.8 Å². The van der Waals surface area contributed by atoms with Gasteiger partial charge in [-0.15, -0.1) is 0 Å². The predicted molar refractivity (Wildman–Crippen MR) is 188 cm³/mol. The van der Waals surface area contributed by atoms with Crippen molar-refractivity contribution in [1.82, 2.24) is 31.6 Å². The fourth-order valence-electron chi connectivity index (χ4n) is 5.35. The van der Waals surface area contributed by atoms with Gasteiger partial charge in [0.05, 0.1) is 12.6 Å². The number of aromatic amines is 1. The van der Waals surface area contributed by atoms with E-state index >= 15 is 0 Å². The maximum atomic E-state index is 13.9. The standard InChI is InChI=1S/C35H55N7O8/c1-8-19(5)28(33(47)40-27(17-43)32(46)39-26(35(49)50)14-18(3)4)42-34(48)29(20(6)9-2)41-31(45)25(38-30(44)21(7)36)15-22-16-37-24-13-11-10-12-23(22)24/h10-13,16,18-21,25-29,37,43H,8-9,14-15,17,36H2,1-7H3,(H,38,44)(H,39,46)(H,40,47)(H,41,45)(H,42,48)(H,49,50)/t19-,20-,21-,25-,26-,27-,28-,29-/m0/s1. The van der Waals surface area contributed by atoms with E-state index < -0.39 is 90.2 Å². The Morgan fingerprint density at radius 2 is 1.22 bits per heavy atom. The molecule has 0 aliphatic heterocycles. The lowest BCUT2D eigenvalue weighted by atomic mass is 9.94. The Labute approximate surface area is 293 Å². The minimum atomic E-state index is -1.48. The minimum Gasteiger partial charge on any atom is -0.480 e. The lowest BCUT2D eigenvalue weighted by molar-refractivity contribution is -0.143. The average Bonchev–Trinajstić information content (AvgIpc) is 3.48. The second kappa shape index (κ2) is 19.6. The first-order valence-corrected chi connectivity index (χ1v) is 17.2. The number of nitrogens with two attached hydrogens (primary N) is 1. The maximum Gasteiger partial charge on any atom is 0.326 e. The van der Waals surface area contributed by atoms with E-state index in [9.17, 15) is 39.0 Å². The highest BCUT2D eigenvalue weighted by Crippen LogP contribution is 2.20. The third-order valence-corrected chi connectivity index (χ3v) is 8.87. The number of amides is 5. The van der Waals surface area contributed by atoms with Crippen molar-refractivity contribution in [2.24, 2.45) is 23.5 Å². The molecule has 5 amide bonds. The number of aliphatic hydroxyl groups is 1. The summed E-state index contributed by atoms with van der Waals surface area (Å²) in [6, 6.07) is 0.515. The molecule has 0 spiro atoms. The van der Waals surface area contributed by atoms with Crippen molar-refractivity contribution in [2.75, 3.05) is 6.61 Å². The number of aromatic nitrogens is 1. The van der Waals surface area contributed by atoms with Crippen LogP contribution in [0.5, 0.6) is 0 Å². The van der Waals surface area contributed by atoms with Gasteiger partial charge in [0.15, 0.2) is 0 Å². The smallest absolute Gasteiger partial charge is 0.326 e. The number of aliphatic carboxylic acids is 1. The Morgan fingerprint density at radius 3 is 1.74 bits per heavy atom. The SMILES string of the molecule is CC[C@H](C)[C@H](NC(=O)[C@H](Cc1c[nH]c2ccccc12)NC(=O)[C@H](C)N)C(=O)N[C@H](C(=O)N[C@@H](CO)C(=O)N[C@@H](CC(C)C)C(=O)O)[C@@H](C)CC. The summed E-state index contributed by atoms with van der Waals surface area (Å²) in [5.74, 6) is -5.64. The third-order valence-electron chi connectivity index (χ3n) is 8.87. The lowest BCUT2D eigenvalue weighted by Crippen LogP contribution is -2.62. The quantitative estimate of drug-likeness (QED) is 0.0942. The fraction of sp³-hybridized carbons (Fsp3) is 0.600. The van der Waals surface area contributed by atoms with Crippen LogP contribution in [0.4, 0.5) is 0 Å². The first-order valence-electron chi connectivity index (χ1n) is 17.2. The molecule has 10 N–H and O–H groups in total. The van der Waals surface area contributed by atoms with Crippen LogP contribution in [-0.2, 0) is 35.2 Å². The Kier molecular flexibility index (Phi) is 16.4. The number of carboxylic acid groups (broad SMARTS) is 1. The van der Waals surface area contributed by atoms with Gasteiger partial charge in [-0.3, -0.25) is 24.0 Å².